The standard InChI is InChI=1S/C18H19NO/c1-18-11-12-7-8-14(20-2)9-13(12)10-17(19-18)15-5-3-4-6-16(15)18/h3-9,17,19H,10-11H2,1-2H3/t17-,18+/m1/s1. The van der Waals surface area contributed by atoms with Gasteiger partial charge in [0.05, 0.1) is 7.11 Å². The van der Waals surface area contributed by atoms with Crippen molar-refractivity contribution in [2.75, 3.05) is 7.11 Å². The van der Waals surface area contributed by atoms with E-state index in [9.17, 15) is 0 Å². The lowest BCUT2D eigenvalue weighted by atomic mass is 9.82. The maximum Gasteiger partial charge on any atom is 0.119 e. The van der Waals surface area contributed by atoms with Crippen molar-refractivity contribution in [2.45, 2.75) is 31.3 Å². The molecule has 20 heavy (non-hydrogen) atoms. The summed E-state index contributed by atoms with van der Waals surface area (Å²) in [5, 5.41) is 3.84. The largest absolute Gasteiger partial charge is 0.497 e. The molecule has 2 aliphatic heterocycles. The molecule has 2 bridgehead atoms. The summed E-state index contributed by atoms with van der Waals surface area (Å²) >= 11 is 0. The molecule has 0 unspecified atom stereocenters. The molecule has 2 atom stereocenters. The highest BCUT2D eigenvalue weighted by Gasteiger charge is 2.42. The van der Waals surface area contributed by atoms with E-state index < -0.39 is 0 Å². The van der Waals surface area contributed by atoms with Gasteiger partial charge in [-0.05, 0) is 54.2 Å². The minimum Gasteiger partial charge on any atom is -0.497 e. The van der Waals surface area contributed by atoms with Gasteiger partial charge in [-0.15, -0.1) is 0 Å². The van der Waals surface area contributed by atoms with Gasteiger partial charge in [-0.2, -0.15) is 0 Å². The normalized spacial score (nSPS) is 26.6. The van der Waals surface area contributed by atoms with Crippen LogP contribution < -0.4 is 10.1 Å². The molecule has 2 nitrogen and oxygen atoms in total. The first-order valence-corrected chi connectivity index (χ1v) is 7.22. The lowest BCUT2D eigenvalue weighted by Gasteiger charge is -2.26. The number of rotatable bonds is 1. The Morgan fingerprint density at radius 3 is 2.85 bits per heavy atom. The highest BCUT2D eigenvalue weighted by molar-refractivity contribution is 5.48. The average molecular weight is 265 g/mol. The topological polar surface area (TPSA) is 21.3 Å². The molecule has 0 aliphatic carbocycles. The van der Waals surface area contributed by atoms with Crippen LogP contribution in [0.2, 0.25) is 0 Å². The van der Waals surface area contributed by atoms with Crippen molar-refractivity contribution in [3.8, 4) is 5.75 Å². The van der Waals surface area contributed by atoms with Crippen molar-refractivity contribution < 1.29 is 4.74 Å². The molecule has 0 aromatic heterocycles. The van der Waals surface area contributed by atoms with Crippen LogP contribution in [0, 0.1) is 0 Å². The van der Waals surface area contributed by atoms with Crippen LogP contribution in [0.1, 0.15) is 35.2 Å². The number of fused-ring (bicyclic) bond motifs is 6. The molecule has 2 aromatic carbocycles. The third-order valence-electron chi connectivity index (χ3n) is 4.80. The molecule has 0 saturated heterocycles. The van der Waals surface area contributed by atoms with Gasteiger partial charge < -0.3 is 10.1 Å². The van der Waals surface area contributed by atoms with Gasteiger partial charge in [0.15, 0.2) is 0 Å². The number of hydrogen-bond acceptors (Lipinski definition) is 2. The van der Waals surface area contributed by atoms with Crippen LogP contribution in [0.3, 0.4) is 0 Å². The van der Waals surface area contributed by atoms with Crippen LogP contribution >= 0.6 is 0 Å². The van der Waals surface area contributed by atoms with Crippen LogP contribution in [-0.2, 0) is 18.4 Å². The van der Waals surface area contributed by atoms with E-state index in [4.69, 9.17) is 4.74 Å². The minimum atomic E-state index is 0.0566. The van der Waals surface area contributed by atoms with E-state index in [1.165, 1.54) is 22.3 Å². The Balaban J connectivity index is 1.85. The molecule has 2 heteroatoms. The van der Waals surface area contributed by atoms with E-state index in [1.807, 2.05) is 0 Å². The SMILES string of the molecule is COc1ccc2c(c1)C[C@H]1N[C@@](C)(C2)c2ccccc21. The van der Waals surface area contributed by atoms with E-state index in [2.05, 4.69) is 54.7 Å². The Bertz CT molecular complexity index is 679. The predicted octanol–water partition coefficient (Wildman–Crippen LogP) is 3.35. The predicted molar refractivity (Wildman–Crippen MR) is 80.1 cm³/mol. The second-order valence-electron chi connectivity index (χ2n) is 6.13. The summed E-state index contributed by atoms with van der Waals surface area (Å²) in [5.41, 5.74) is 5.84. The van der Waals surface area contributed by atoms with Crippen molar-refractivity contribution in [2.24, 2.45) is 0 Å². The second kappa shape index (κ2) is 4.10. The monoisotopic (exact) mass is 265 g/mol. The summed E-state index contributed by atoms with van der Waals surface area (Å²) in [6, 6.07) is 15.8. The molecule has 0 fully saturated rings. The van der Waals surface area contributed by atoms with Crippen LogP contribution in [0.4, 0.5) is 0 Å². The summed E-state index contributed by atoms with van der Waals surface area (Å²) in [5.74, 6) is 0.958. The van der Waals surface area contributed by atoms with Crippen LogP contribution in [0.15, 0.2) is 42.5 Å². The summed E-state index contributed by atoms with van der Waals surface area (Å²) in [4.78, 5) is 0. The number of benzene rings is 2. The van der Waals surface area contributed by atoms with Gasteiger partial charge in [0, 0.05) is 11.6 Å². The first kappa shape index (κ1) is 12.0. The van der Waals surface area contributed by atoms with Crippen molar-refractivity contribution in [1.29, 1.82) is 0 Å². The highest BCUT2D eigenvalue weighted by atomic mass is 16.5. The molecule has 102 valence electrons. The minimum absolute atomic E-state index is 0.0566. The second-order valence-corrected chi connectivity index (χ2v) is 6.13. The maximum absolute atomic E-state index is 5.38. The number of ether oxygens (including phenoxy) is 1. The van der Waals surface area contributed by atoms with E-state index in [0.717, 1.165) is 18.6 Å². The lowest BCUT2D eigenvalue weighted by molar-refractivity contribution is 0.368. The lowest BCUT2D eigenvalue weighted by Crippen LogP contribution is -2.36. The molecule has 2 heterocycles. The quantitative estimate of drug-likeness (QED) is 0.853. The summed E-state index contributed by atoms with van der Waals surface area (Å²) in [7, 11) is 1.74. The van der Waals surface area contributed by atoms with Crippen molar-refractivity contribution >= 4 is 0 Å². The van der Waals surface area contributed by atoms with Gasteiger partial charge >= 0.3 is 0 Å². The first-order chi connectivity index (χ1) is 9.69. The van der Waals surface area contributed by atoms with Crippen LogP contribution in [0.25, 0.3) is 0 Å². The fourth-order valence-electron chi connectivity index (χ4n) is 3.84. The molecule has 0 saturated carbocycles. The fraction of sp³-hybridized carbons (Fsp3) is 0.333. The molecular weight excluding hydrogens is 246 g/mol. The third kappa shape index (κ3) is 1.61. The Labute approximate surface area is 119 Å². The van der Waals surface area contributed by atoms with Gasteiger partial charge in [0.2, 0.25) is 0 Å². The maximum atomic E-state index is 5.38. The third-order valence-corrected chi connectivity index (χ3v) is 4.80. The zero-order valence-electron chi connectivity index (χ0n) is 11.9. The fourth-order valence-corrected chi connectivity index (χ4v) is 3.84. The summed E-state index contributed by atoms with van der Waals surface area (Å²) in [6.45, 7) is 2.32. The van der Waals surface area contributed by atoms with Gasteiger partial charge in [0.25, 0.3) is 0 Å². The van der Waals surface area contributed by atoms with Crippen LogP contribution in [0.5, 0.6) is 5.75 Å². The van der Waals surface area contributed by atoms with E-state index in [0.29, 0.717) is 6.04 Å². The van der Waals surface area contributed by atoms with E-state index >= 15 is 0 Å². The first-order valence-electron chi connectivity index (χ1n) is 7.22. The Morgan fingerprint density at radius 2 is 2.00 bits per heavy atom. The molecule has 4 rings (SSSR count). The Hall–Kier alpha value is -1.80. The molecule has 0 radical (unpaired) electrons. The number of hydrogen-bond donors (Lipinski definition) is 1. The Morgan fingerprint density at radius 1 is 1.15 bits per heavy atom. The molecule has 2 aliphatic rings. The molecule has 2 aromatic rings. The van der Waals surface area contributed by atoms with E-state index in [-0.39, 0.29) is 5.54 Å². The average Bonchev–Trinajstić information content (AvgIpc) is 2.64. The van der Waals surface area contributed by atoms with Crippen molar-refractivity contribution in [1.82, 2.24) is 5.32 Å². The number of nitrogens with one attached hydrogen (secondary N) is 1. The summed E-state index contributed by atoms with van der Waals surface area (Å²) in [6.07, 6.45) is 2.08. The van der Waals surface area contributed by atoms with Crippen molar-refractivity contribution in [3.63, 3.8) is 0 Å². The molecule has 0 amide bonds. The zero-order valence-corrected chi connectivity index (χ0v) is 11.9. The van der Waals surface area contributed by atoms with Crippen LogP contribution in [-0.4, -0.2) is 7.11 Å². The highest BCUT2D eigenvalue weighted by Crippen LogP contribution is 2.44. The summed E-state index contributed by atoms with van der Waals surface area (Å²) < 4.78 is 5.38. The van der Waals surface area contributed by atoms with Crippen molar-refractivity contribution in [3.05, 3.63) is 64.7 Å². The van der Waals surface area contributed by atoms with Gasteiger partial charge in [-0.1, -0.05) is 30.3 Å². The van der Waals surface area contributed by atoms with Gasteiger partial charge in [-0.3, -0.25) is 0 Å². The molecule has 0 spiro atoms. The molecular formula is C18H19NO. The van der Waals surface area contributed by atoms with E-state index in [1.54, 1.807) is 7.11 Å². The Kier molecular flexibility index (Phi) is 2.45. The zero-order chi connectivity index (χ0) is 13.7. The molecule has 1 N–H and O–H groups in total. The van der Waals surface area contributed by atoms with Gasteiger partial charge in [-0.25, -0.2) is 0 Å². The smallest absolute Gasteiger partial charge is 0.119 e. The van der Waals surface area contributed by atoms with Gasteiger partial charge in [0.1, 0.15) is 5.75 Å². The number of methoxy groups -OCH3 is 1.